The lowest BCUT2D eigenvalue weighted by molar-refractivity contribution is 0.441. The zero-order chi connectivity index (χ0) is 15.6. The molecule has 0 saturated carbocycles. The largest absolute Gasteiger partial charge is 0.465 e. The molecule has 0 bridgehead atoms. The molecule has 0 radical (unpaired) electrons. The predicted molar refractivity (Wildman–Crippen MR) is 82.4 cm³/mol. The molecule has 2 rings (SSSR count). The van der Waals surface area contributed by atoms with Crippen LogP contribution in [0.25, 0.3) is 0 Å². The van der Waals surface area contributed by atoms with Gasteiger partial charge in [0.25, 0.3) is 0 Å². The first-order chi connectivity index (χ1) is 9.83. The number of hydrogen-bond donors (Lipinski definition) is 2. The van der Waals surface area contributed by atoms with Crippen molar-refractivity contribution in [3.63, 3.8) is 0 Å². The van der Waals surface area contributed by atoms with Crippen molar-refractivity contribution in [3.8, 4) is 0 Å². The number of nitrogens with one attached hydrogen (secondary N) is 1. The van der Waals surface area contributed by atoms with Crippen LogP contribution in [-0.2, 0) is 16.4 Å². The van der Waals surface area contributed by atoms with Gasteiger partial charge >= 0.3 is 0 Å². The van der Waals surface area contributed by atoms with Gasteiger partial charge in [-0.15, -0.1) is 0 Å². The van der Waals surface area contributed by atoms with E-state index in [1.807, 2.05) is 13.8 Å². The Labute approximate surface area is 125 Å². The van der Waals surface area contributed by atoms with Crippen molar-refractivity contribution in [2.75, 3.05) is 5.73 Å². The minimum Gasteiger partial charge on any atom is -0.465 e. The molecule has 0 fully saturated rings. The quantitative estimate of drug-likeness (QED) is 0.832. The van der Waals surface area contributed by atoms with Gasteiger partial charge in [0.1, 0.15) is 11.5 Å². The standard InChI is InChI=1S/C15H20N2O3S/c1-4-12-6-7-13(9-14(12)16)21(18,19)17-11(3)15-8-5-10(2)20-15/h5-9,11,17H,4,16H2,1-3H3. The van der Waals surface area contributed by atoms with Crippen molar-refractivity contribution in [1.29, 1.82) is 0 Å². The molecule has 1 heterocycles. The van der Waals surface area contributed by atoms with Crippen LogP contribution in [0, 0.1) is 6.92 Å². The number of nitrogen functional groups attached to an aromatic ring is 1. The molecule has 1 unspecified atom stereocenters. The van der Waals surface area contributed by atoms with Crippen molar-refractivity contribution in [2.24, 2.45) is 0 Å². The van der Waals surface area contributed by atoms with Crippen LogP contribution in [-0.4, -0.2) is 8.42 Å². The van der Waals surface area contributed by atoms with Crippen LogP contribution in [0.3, 0.4) is 0 Å². The van der Waals surface area contributed by atoms with Crippen LogP contribution >= 0.6 is 0 Å². The number of aryl methyl sites for hydroxylation is 2. The van der Waals surface area contributed by atoms with Crippen molar-refractivity contribution in [2.45, 2.75) is 38.1 Å². The highest BCUT2D eigenvalue weighted by Gasteiger charge is 2.20. The molecule has 1 atom stereocenters. The third-order valence-electron chi connectivity index (χ3n) is 3.33. The van der Waals surface area contributed by atoms with E-state index in [0.717, 1.165) is 17.7 Å². The van der Waals surface area contributed by atoms with Crippen LogP contribution in [0.5, 0.6) is 0 Å². The zero-order valence-electron chi connectivity index (χ0n) is 12.4. The Bertz CT molecular complexity index is 735. The van der Waals surface area contributed by atoms with Crippen LogP contribution < -0.4 is 10.5 Å². The number of furan rings is 1. The van der Waals surface area contributed by atoms with Gasteiger partial charge in [-0.25, -0.2) is 13.1 Å². The molecule has 6 heteroatoms. The smallest absolute Gasteiger partial charge is 0.241 e. The second-order valence-electron chi connectivity index (χ2n) is 5.01. The second kappa shape index (κ2) is 5.91. The first kappa shape index (κ1) is 15.6. The first-order valence-electron chi connectivity index (χ1n) is 6.80. The highest BCUT2D eigenvalue weighted by Crippen LogP contribution is 2.22. The molecule has 0 aliphatic carbocycles. The zero-order valence-corrected chi connectivity index (χ0v) is 13.2. The van der Waals surface area contributed by atoms with Gasteiger partial charge in [-0.05, 0) is 50.1 Å². The summed E-state index contributed by atoms with van der Waals surface area (Å²) < 4.78 is 32.8. The van der Waals surface area contributed by atoms with E-state index >= 15 is 0 Å². The van der Waals surface area contributed by atoms with E-state index < -0.39 is 16.1 Å². The van der Waals surface area contributed by atoms with Crippen molar-refractivity contribution < 1.29 is 12.8 Å². The molecule has 2 aromatic rings. The Morgan fingerprint density at radius 2 is 2.00 bits per heavy atom. The Kier molecular flexibility index (Phi) is 4.39. The van der Waals surface area contributed by atoms with E-state index in [-0.39, 0.29) is 4.90 Å². The summed E-state index contributed by atoms with van der Waals surface area (Å²) in [5.74, 6) is 1.32. The highest BCUT2D eigenvalue weighted by atomic mass is 32.2. The Balaban J connectivity index is 2.24. The summed E-state index contributed by atoms with van der Waals surface area (Å²) in [4.78, 5) is 0.160. The molecule has 0 saturated heterocycles. The molecule has 0 aliphatic heterocycles. The third-order valence-corrected chi connectivity index (χ3v) is 4.87. The maximum atomic E-state index is 12.4. The van der Waals surface area contributed by atoms with Crippen molar-refractivity contribution in [1.82, 2.24) is 4.72 Å². The average molecular weight is 308 g/mol. The minimum atomic E-state index is -3.64. The molecule has 1 aromatic carbocycles. The molecule has 0 aliphatic rings. The van der Waals surface area contributed by atoms with Crippen molar-refractivity contribution >= 4 is 15.7 Å². The van der Waals surface area contributed by atoms with Gasteiger partial charge in [-0.3, -0.25) is 0 Å². The number of benzene rings is 1. The van der Waals surface area contributed by atoms with E-state index in [4.69, 9.17) is 10.2 Å². The summed E-state index contributed by atoms with van der Waals surface area (Å²) in [7, 11) is -3.64. The predicted octanol–water partition coefficient (Wildman–Crippen LogP) is 2.77. The van der Waals surface area contributed by atoms with Gasteiger partial charge < -0.3 is 10.2 Å². The molecular formula is C15H20N2O3S. The Morgan fingerprint density at radius 1 is 1.29 bits per heavy atom. The molecule has 21 heavy (non-hydrogen) atoms. The summed E-state index contributed by atoms with van der Waals surface area (Å²) in [6.45, 7) is 5.52. The summed E-state index contributed by atoms with van der Waals surface area (Å²) in [6.07, 6.45) is 0.766. The summed E-state index contributed by atoms with van der Waals surface area (Å²) in [5.41, 5.74) is 7.28. The lowest BCUT2D eigenvalue weighted by Crippen LogP contribution is -2.26. The molecule has 5 nitrogen and oxygen atoms in total. The monoisotopic (exact) mass is 308 g/mol. The fraction of sp³-hybridized carbons (Fsp3) is 0.333. The first-order valence-corrected chi connectivity index (χ1v) is 8.29. The Morgan fingerprint density at radius 3 is 2.52 bits per heavy atom. The topological polar surface area (TPSA) is 85.3 Å². The number of anilines is 1. The van der Waals surface area contributed by atoms with Gasteiger partial charge in [-0.2, -0.15) is 0 Å². The fourth-order valence-electron chi connectivity index (χ4n) is 2.11. The normalized spacial score (nSPS) is 13.3. The van der Waals surface area contributed by atoms with E-state index in [1.54, 1.807) is 31.2 Å². The lowest BCUT2D eigenvalue weighted by Gasteiger charge is -2.13. The molecule has 114 valence electrons. The summed E-state index contributed by atoms with van der Waals surface area (Å²) in [6, 6.07) is 7.91. The number of rotatable bonds is 5. The minimum absolute atomic E-state index is 0.160. The van der Waals surface area contributed by atoms with Gasteiger partial charge in [-0.1, -0.05) is 13.0 Å². The van der Waals surface area contributed by atoms with E-state index in [9.17, 15) is 8.42 Å². The number of hydrogen-bond acceptors (Lipinski definition) is 4. The van der Waals surface area contributed by atoms with Crippen LogP contribution in [0.4, 0.5) is 5.69 Å². The highest BCUT2D eigenvalue weighted by molar-refractivity contribution is 7.89. The maximum absolute atomic E-state index is 12.4. The molecule has 1 aromatic heterocycles. The molecule has 0 amide bonds. The van der Waals surface area contributed by atoms with Gasteiger partial charge in [0, 0.05) is 5.69 Å². The van der Waals surface area contributed by atoms with Crippen LogP contribution in [0.15, 0.2) is 39.6 Å². The van der Waals surface area contributed by atoms with Gasteiger partial charge in [0.15, 0.2) is 0 Å². The van der Waals surface area contributed by atoms with E-state index in [0.29, 0.717) is 11.4 Å². The van der Waals surface area contributed by atoms with Crippen LogP contribution in [0.1, 0.15) is 37.0 Å². The number of nitrogens with two attached hydrogens (primary N) is 1. The maximum Gasteiger partial charge on any atom is 0.241 e. The Hall–Kier alpha value is -1.79. The summed E-state index contributed by atoms with van der Waals surface area (Å²) >= 11 is 0. The third kappa shape index (κ3) is 3.46. The second-order valence-corrected chi connectivity index (χ2v) is 6.72. The molecular weight excluding hydrogens is 288 g/mol. The van der Waals surface area contributed by atoms with E-state index in [2.05, 4.69) is 4.72 Å². The SMILES string of the molecule is CCc1ccc(S(=O)(=O)NC(C)c2ccc(C)o2)cc1N. The summed E-state index contributed by atoms with van der Waals surface area (Å²) in [5, 5.41) is 0. The van der Waals surface area contributed by atoms with Crippen molar-refractivity contribution in [3.05, 3.63) is 47.4 Å². The van der Waals surface area contributed by atoms with E-state index in [1.165, 1.54) is 6.07 Å². The van der Waals surface area contributed by atoms with Crippen LogP contribution in [0.2, 0.25) is 0 Å². The lowest BCUT2D eigenvalue weighted by atomic mass is 10.1. The van der Waals surface area contributed by atoms with Gasteiger partial charge in [0.2, 0.25) is 10.0 Å². The average Bonchev–Trinajstić information content (AvgIpc) is 2.85. The molecule has 3 N–H and O–H groups in total. The molecule has 0 spiro atoms. The number of sulfonamides is 1. The van der Waals surface area contributed by atoms with Gasteiger partial charge in [0.05, 0.1) is 10.9 Å². The fourth-order valence-corrected chi connectivity index (χ4v) is 3.35.